The standard InChI is InChI=1S/C22H24ClFN2O4S/c1-3-19(14-9-10-17(23)18(24)13-14)25-21(27)20-8-5-11-26(20)22(28)15-6-4-7-16(12-15)31(2,29)30/h4,6-7,9-10,12-13,19-20H,3,5,8,11H2,1-2H3,(H,25,27)/t19-,20-/m1/s1. The second kappa shape index (κ2) is 9.36. The minimum Gasteiger partial charge on any atom is -0.348 e. The molecule has 31 heavy (non-hydrogen) atoms. The fourth-order valence-corrected chi connectivity index (χ4v) is 4.51. The molecule has 0 aliphatic carbocycles. The van der Waals surface area contributed by atoms with Crippen molar-refractivity contribution < 1.29 is 22.4 Å². The summed E-state index contributed by atoms with van der Waals surface area (Å²) in [5, 5.41) is 2.91. The molecule has 1 aliphatic heterocycles. The molecule has 0 spiro atoms. The van der Waals surface area contributed by atoms with Gasteiger partial charge in [0.1, 0.15) is 11.9 Å². The molecule has 1 fully saturated rings. The molecule has 1 aliphatic rings. The van der Waals surface area contributed by atoms with Gasteiger partial charge in [-0.1, -0.05) is 30.7 Å². The molecule has 1 N–H and O–H groups in total. The van der Waals surface area contributed by atoms with Crippen LogP contribution in [0.3, 0.4) is 0 Å². The number of halogens is 2. The van der Waals surface area contributed by atoms with Crippen LogP contribution in [0.1, 0.15) is 48.1 Å². The summed E-state index contributed by atoms with van der Waals surface area (Å²) in [6, 6.07) is 9.10. The number of benzene rings is 2. The predicted molar refractivity (Wildman–Crippen MR) is 116 cm³/mol. The Morgan fingerprint density at radius 3 is 2.65 bits per heavy atom. The average Bonchev–Trinajstić information content (AvgIpc) is 3.23. The molecule has 166 valence electrons. The Morgan fingerprint density at radius 2 is 2.00 bits per heavy atom. The maximum Gasteiger partial charge on any atom is 0.254 e. The number of hydrogen-bond acceptors (Lipinski definition) is 4. The molecule has 0 aromatic heterocycles. The smallest absolute Gasteiger partial charge is 0.254 e. The maximum absolute atomic E-state index is 13.8. The van der Waals surface area contributed by atoms with Crippen molar-refractivity contribution in [1.29, 1.82) is 0 Å². The van der Waals surface area contributed by atoms with Crippen LogP contribution in [0.5, 0.6) is 0 Å². The maximum atomic E-state index is 13.8. The summed E-state index contributed by atoms with van der Waals surface area (Å²) in [7, 11) is -3.46. The number of amides is 2. The van der Waals surface area contributed by atoms with E-state index in [1.54, 1.807) is 6.07 Å². The highest BCUT2D eigenvalue weighted by Gasteiger charge is 2.35. The minimum absolute atomic E-state index is 0.00817. The molecule has 2 aromatic rings. The van der Waals surface area contributed by atoms with Crippen LogP contribution in [0.4, 0.5) is 4.39 Å². The number of hydrogen-bond donors (Lipinski definition) is 1. The highest BCUT2D eigenvalue weighted by atomic mass is 35.5. The van der Waals surface area contributed by atoms with E-state index in [0.29, 0.717) is 31.4 Å². The fourth-order valence-electron chi connectivity index (χ4n) is 3.73. The van der Waals surface area contributed by atoms with Gasteiger partial charge in [-0.25, -0.2) is 12.8 Å². The van der Waals surface area contributed by atoms with Gasteiger partial charge in [-0.15, -0.1) is 0 Å². The zero-order chi connectivity index (χ0) is 22.8. The van der Waals surface area contributed by atoms with Gasteiger partial charge in [0.25, 0.3) is 5.91 Å². The van der Waals surface area contributed by atoms with Gasteiger partial charge in [0.05, 0.1) is 16.0 Å². The van der Waals surface area contributed by atoms with Crippen LogP contribution in [0.15, 0.2) is 47.4 Å². The Balaban J connectivity index is 1.78. The second-order valence-corrected chi connectivity index (χ2v) is 10.0. The van der Waals surface area contributed by atoms with Crippen molar-refractivity contribution in [2.24, 2.45) is 0 Å². The van der Waals surface area contributed by atoms with E-state index in [0.717, 1.165) is 6.26 Å². The third-order valence-corrected chi connectivity index (χ3v) is 6.81. The van der Waals surface area contributed by atoms with E-state index in [-0.39, 0.29) is 21.4 Å². The Morgan fingerprint density at radius 1 is 1.26 bits per heavy atom. The molecule has 6 nitrogen and oxygen atoms in total. The first kappa shape index (κ1) is 23.2. The van der Waals surface area contributed by atoms with Crippen molar-refractivity contribution in [3.63, 3.8) is 0 Å². The van der Waals surface area contributed by atoms with E-state index < -0.39 is 33.6 Å². The Bertz CT molecular complexity index is 1110. The van der Waals surface area contributed by atoms with Crippen molar-refractivity contribution in [2.45, 2.75) is 43.2 Å². The number of carbonyl (C=O) groups excluding carboxylic acids is 2. The van der Waals surface area contributed by atoms with Gasteiger partial charge in [0.15, 0.2) is 9.84 Å². The summed E-state index contributed by atoms with van der Waals surface area (Å²) >= 11 is 5.75. The van der Waals surface area contributed by atoms with E-state index in [1.807, 2.05) is 6.92 Å². The molecule has 2 aromatic carbocycles. The normalized spacial score (nSPS) is 17.4. The lowest BCUT2D eigenvalue weighted by Gasteiger charge is -2.27. The molecule has 2 atom stereocenters. The molecule has 1 heterocycles. The molecule has 9 heteroatoms. The zero-order valence-corrected chi connectivity index (χ0v) is 18.8. The monoisotopic (exact) mass is 466 g/mol. The number of nitrogens with one attached hydrogen (secondary N) is 1. The van der Waals surface area contributed by atoms with E-state index in [1.165, 1.54) is 41.3 Å². The van der Waals surface area contributed by atoms with Crippen LogP contribution in [-0.2, 0) is 14.6 Å². The third kappa shape index (κ3) is 5.25. The number of nitrogens with zero attached hydrogens (tertiary/aromatic N) is 1. The largest absolute Gasteiger partial charge is 0.348 e. The highest BCUT2D eigenvalue weighted by Crippen LogP contribution is 2.25. The molecule has 0 unspecified atom stereocenters. The highest BCUT2D eigenvalue weighted by molar-refractivity contribution is 7.90. The molecule has 0 bridgehead atoms. The van der Waals surface area contributed by atoms with Crippen LogP contribution in [0, 0.1) is 5.82 Å². The van der Waals surface area contributed by atoms with Crippen LogP contribution < -0.4 is 5.32 Å². The number of rotatable bonds is 6. The van der Waals surface area contributed by atoms with E-state index in [2.05, 4.69) is 5.32 Å². The van der Waals surface area contributed by atoms with Crippen molar-refractivity contribution >= 4 is 33.3 Å². The first-order chi connectivity index (χ1) is 14.6. The lowest BCUT2D eigenvalue weighted by molar-refractivity contribution is -0.125. The van der Waals surface area contributed by atoms with E-state index >= 15 is 0 Å². The molecule has 2 amide bonds. The second-order valence-electron chi connectivity index (χ2n) is 7.60. The topological polar surface area (TPSA) is 83.6 Å². The summed E-state index contributed by atoms with van der Waals surface area (Å²) in [6.45, 7) is 2.26. The first-order valence-electron chi connectivity index (χ1n) is 9.98. The summed E-state index contributed by atoms with van der Waals surface area (Å²) in [5.74, 6) is -1.28. The van der Waals surface area contributed by atoms with Gasteiger partial charge in [-0.3, -0.25) is 9.59 Å². The summed E-state index contributed by atoms with van der Waals surface area (Å²) in [5.41, 5.74) is 0.809. The lowest BCUT2D eigenvalue weighted by Crippen LogP contribution is -2.46. The molecule has 0 radical (unpaired) electrons. The van der Waals surface area contributed by atoms with Gasteiger partial charge < -0.3 is 10.2 Å². The van der Waals surface area contributed by atoms with Gasteiger partial charge in [0.2, 0.25) is 5.91 Å². The van der Waals surface area contributed by atoms with Crippen molar-refractivity contribution in [3.05, 3.63) is 64.4 Å². The average molecular weight is 467 g/mol. The molecule has 3 rings (SSSR count). The van der Waals surface area contributed by atoms with Crippen LogP contribution in [0.25, 0.3) is 0 Å². The van der Waals surface area contributed by atoms with Gasteiger partial charge >= 0.3 is 0 Å². The van der Waals surface area contributed by atoms with Gasteiger partial charge in [0, 0.05) is 18.4 Å². The third-order valence-electron chi connectivity index (χ3n) is 5.40. The number of sulfone groups is 1. The minimum atomic E-state index is -3.46. The summed E-state index contributed by atoms with van der Waals surface area (Å²) in [6.07, 6.45) is 2.76. The number of likely N-dealkylation sites (tertiary alicyclic amines) is 1. The quantitative estimate of drug-likeness (QED) is 0.702. The van der Waals surface area contributed by atoms with Crippen molar-refractivity contribution in [2.75, 3.05) is 12.8 Å². The Kier molecular flexibility index (Phi) is 7.01. The van der Waals surface area contributed by atoms with E-state index in [4.69, 9.17) is 11.6 Å². The summed E-state index contributed by atoms with van der Waals surface area (Å²) < 4.78 is 37.5. The predicted octanol–water partition coefficient (Wildman–Crippen LogP) is 3.75. The SMILES string of the molecule is CC[C@@H](NC(=O)[C@H]1CCCN1C(=O)c1cccc(S(C)(=O)=O)c1)c1ccc(Cl)c(F)c1. The fraction of sp³-hybridized carbons (Fsp3) is 0.364. The van der Waals surface area contributed by atoms with Crippen LogP contribution >= 0.6 is 11.6 Å². The Labute approximate surface area is 186 Å². The first-order valence-corrected chi connectivity index (χ1v) is 12.2. The molecular formula is C22H24ClFN2O4S. The van der Waals surface area contributed by atoms with E-state index in [9.17, 15) is 22.4 Å². The Hall–Kier alpha value is -2.45. The zero-order valence-electron chi connectivity index (χ0n) is 17.3. The van der Waals surface area contributed by atoms with Crippen LogP contribution in [-0.4, -0.2) is 44.0 Å². The lowest BCUT2D eigenvalue weighted by atomic mass is 10.0. The molecule has 1 saturated heterocycles. The van der Waals surface area contributed by atoms with Crippen molar-refractivity contribution in [3.8, 4) is 0 Å². The van der Waals surface area contributed by atoms with Gasteiger partial charge in [-0.05, 0) is 55.2 Å². The van der Waals surface area contributed by atoms with Crippen molar-refractivity contribution in [1.82, 2.24) is 10.2 Å². The van der Waals surface area contributed by atoms with Gasteiger partial charge in [-0.2, -0.15) is 0 Å². The molecular weight excluding hydrogens is 443 g/mol. The number of carbonyl (C=O) groups is 2. The molecule has 0 saturated carbocycles. The summed E-state index contributed by atoms with van der Waals surface area (Å²) in [4.78, 5) is 27.5. The van der Waals surface area contributed by atoms with Crippen LogP contribution in [0.2, 0.25) is 5.02 Å².